The van der Waals surface area contributed by atoms with E-state index in [4.69, 9.17) is 5.11 Å². The molecule has 1 aromatic carbocycles. The second-order valence-corrected chi connectivity index (χ2v) is 5.40. The summed E-state index contributed by atoms with van der Waals surface area (Å²) in [6.45, 7) is 4.33. The molecule has 1 atom stereocenters. The van der Waals surface area contributed by atoms with Crippen LogP contribution in [0.25, 0.3) is 0 Å². The molecular weight excluding hydrogens is 242 g/mol. The van der Waals surface area contributed by atoms with Gasteiger partial charge in [-0.1, -0.05) is 19.1 Å². The molecule has 0 radical (unpaired) electrons. The van der Waals surface area contributed by atoms with Crippen LogP contribution < -0.4 is 0 Å². The van der Waals surface area contributed by atoms with Gasteiger partial charge in [-0.2, -0.15) is 0 Å². The van der Waals surface area contributed by atoms with Gasteiger partial charge in [0.25, 0.3) is 0 Å². The highest BCUT2D eigenvalue weighted by molar-refractivity contribution is 5.87. The van der Waals surface area contributed by atoms with Gasteiger partial charge in [0.1, 0.15) is 0 Å². The zero-order chi connectivity index (χ0) is 13.9. The average Bonchev–Trinajstić information content (AvgIpc) is 2.39. The fraction of sp³-hybridized carbons (Fsp3) is 0.533. The van der Waals surface area contributed by atoms with Gasteiger partial charge in [-0.15, -0.1) is 0 Å². The Hall–Kier alpha value is -1.39. The molecule has 104 valence electrons. The SMILES string of the molecule is CCC1(O)CCCN(Cc2cccc(C(=O)O)c2)C1. The molecule has 2 rings (SSSR count). The van der Waals surface area contributed by atoms with Crippen molar-refractivity contribution in [1.82, 2.24) is 4.90 Å². The molecule has 1 fully saturated rings. The van der Waals surface area contributed by atoms with Gasteiger partial charge in [0.2, 0.25) is 0 Å². The van der Waals surface area contributed by atoms with E-state index in [0.29, 0.717) is 18.7 Å². The summed E-state index contributed by atoms with van der Waals surface area (Å²) in [5.74, 6) is -0.898. The van der Waals surface area contributed by atoms with Crippen LogP contribution in [0, 0.1) is 0 Å². The maximum Gasteiger partial charge on any atom is 0.335 e. The van der Waals surface area contributed by atoms with Crippen LogP contribution >= 0.6 is 0 Å². The van der Waals surface area contributed by atoms with E-state index in [1.807, 2.05) is 13.0 Å². The zero-order valence-corrected chi connectivity index (χ0v) is 11.3. The lowest BCUT2D eigenvalue weighted by atomic mass is 9.90. The molecular formula is C15H21NO3. The number of hydrogen-bond donors (Lipinski definition) is 2. The fourth-order valence-electron chi connectivity index (χ4n) is 2.69. The molecule has 0 amide bonds. The van der Waals surface area contributed by atoms with Crippen LogP contribution in [-0.4, -0.2) is 39.8 Å². The molecule has 0 bridgehead atoms. The number of aromatic carboxylic acids is 1. The van der Waals surface area contributed by atoms with Gasteiger partial charge < -0.3 is 10.2 Å². The summed E-state index contributed by atoms with van der Waals surface area (Å²) in [6.07, 6.45) is 2.61. The lowest BCUT2D eigenvalue weighted by molar-refractivity contribution is -0.0357. The topological polar surface area (TPSA) is 60.8 Å². The van der Waals surface area contributed by atoms with E-state index in [0.717, 1.165) is 31.4 Å². The number of β-amino-alcohol motifs (C(OH)–C–C–N with tert-alkyl or cyclic N) is 1. The van der Waals surface area contributed by atoms with Crippen LogP contribution in [0.4, 0.5) is 0 Å². The van der Waals surface area contributed by atoms with Crippen molar-refractivity contribution in [3.63, 3.8) is 0 Å². The Morgan fingerprint density at radius 3 is 2.95 bits per heavy atom. The van der Waals surface area contributed by atoms with Gasteiger partial charge >= 0.3 is 5.97 Å². The van der Waals surface area contributed by atoms with Crippen molar-refractivity contribution in [2.75, 3.05) is 13.1 Å². The van der Waals surface area contributed by atoms with E-state index in [1.165, 1.54) is 0 Å². The molecule has 1 unspecified atom stereocenters. The van der Waals surface area contributed by atoms with Crippen LogP contribution in [0.3, 0.4) is 0 Å². The second-order valence-electron chi connectivity index (χ2n) is 5.40. The Morgan fingerprint density at radius 2 is 2.26 bits per heavy atom. The third-order valence-electron chi connectivity index (χ3n) is 3.87. The normalized spacial score (nSPS) is 24.3. The largest absolute Gasteiger partial charge is 0.478 e. The number of piperidine rings is 1. The molecule has 0 spiro atoms. The number of carboxylic acids is 1. The van der Waals surface area contributed by atoms with Crippen molar-refractivity contribution in [2.45, 2.75) is 38.3 Å². The van der Waals surface area contributed by atoms with E-state index in [9.17, 15) is 9.90 Å². The Morgan fingerprint density at radius 1 is 1.47 bits per heavy atom. The molecule has 0 aromatic heterocycles. The van der Waals surface area contributed by atoms with Crippen LogP contribution in [0.1, 0.15) is 42.1 Å². The van der Waals surface area contributed by atoms with E-state index in [2.05, 4.69) is 4.90 Å². The minimum atomic E-state index is -0.898. The monoisotopic (exact) mass is 263 g/mol. The van der Waals surface area contributed by atoms with E-state index >= 15 is 0 Å². The number of rotatable bonds is 4. The highest BCUT2D eigenvalue weighted by Gasteiger charge is 2.31. The highest BCUT2D eigenvalue weighted by Crippen LogP contribution is 2.25. The first-order valence-corrected chi connectivity index (χ1v) is 6.79. The Balaban J connectivity index is 2.04. The van der Waals surface area contributed by atoms with Crippen molar-refractivity contribution in [3.8, 4) is 0 Å². The summed E-state index contributed by atoms with van der Waals surface area (Å²) in [6, 6.07) is 7.02. The maximum absolute atomic E-state index is 10.9. The van der Waals surface area contributed by atoms with E-state index < -0.39 is 11.6 Å². The van der Waals surface area contributed by atoms with Crippen molar-refractivity contribution in [2.24, 2.45) is 0 Å². The Bertz CT molecular complexity index is 460. The number of benzene rings is 1. The van der Waals surface area contributed by atoms with Gasteiger partial charge in [-0.05, 0) is 43.5 Å². The predicted molar refractivity (Wildman–Crippen MR) is 73.2 cm³/mol. The molecule has 2 N–H and O–H groups in total. The quantitative estimate of drug-likeness (QED) is 0.873. The van der Waals surface area contributed by atoms with Crippen molar-refractivity contribution in [3.05, 3.63) is 35.4 Å². The first-order valence-electron chi connectivity index (χ1n) is 6.79. The Kier molecular flexibility index (Phi) is 4.22. The Labute approximate surface area is 113 Å². The van der Waals surface area contributed by atoms with Crippen LogP contribution in [0.15, 0.2) is 24.3 Å². The molecule has 1 saturated heterocycles. The van der Waals surface area contributed by atoms with Gasteiger partial charge in [0, 0.05) is 13.1 Å². The minimum absolute atomic E-state index is 0.320. The van der Waals surface area contributed by atoms with Crippen LogP contribution in [0.2, 0.25) is 0 Å². The predicted octanol–water partition coefficient (Wildman–Crippen LogP) is 2.12. The molecule has 4 heteroatoms. The van der Waals surface area contributed by atoms with Crippen LogP contribution in [-0.2, 0) is 6.54 Å². The third kappa shape index (κ3) is 3.55. The number of likely N-dealkylation sites (tertiary alicyclic amines) is 1. The summed E-state index contributed by atoms with van der Waals surface area (Å²) in [5, 5.41) is 19.3. The first kappa shape index (κ1) is 14.0. The van der Waals surface area contributed by atoms with Crippen molar-refractivity contribution >= 4 is 5.97 Å². The summed E-state index contributed by atoms with van der Waals surface area (Å²) in [5.41, 5.74) is 0.725. The average molecular weight is 263 g/mol. The number of carboxylic acid groups (broad SMARTS) is 1. The number of nitrogens with zero attached hydrogens (tertiary/aromatic N) is 1. The van der Waals surface area contributed by atoms with Crippen LogP contribution in [0.5, 0.6) is 0 Å². The minimum Gasteiger partial charge on any atom is -0.478 e. The summed E-state index contributed by atoms with van der Waals surface area (Å²) >= 11 is 0. The van der Waals surface area contributed by atoms with Crippen molar-refractivity contribution in [1.29, 1.82) is 0 Å². The molecule has 0 aliphatic carbocycles. The molecule has 0 saturated carbocycles. The van der Waals surface area contributed by atoms with Gasteiger partial charge in [0.15, 0.2) is 0 Å². The molecule has 1 aromatic rings. The first-order chi connectivity index (χ1) is 9.02. The standard InChI is InChI=1S/C15H21NO3/c1-2-15(19)7-4-8-16(11-15)10-12-5-3-6-13(9-12)14(17)18/h3,5-6,9,19H,2,4,7-8,10-11H2,1H3,(H,17,18). The lowest BCUT2D eigenvalue weighted by Crippen LogP contribution is -2.47. The molecule has 19 heavy (non-hydrogen) atoms. The molecule has 1 aliphatic rings. The number of aliphatic hydroxyl groups is 1. The molecule has 1 aliphatic heterocycles. The fourth-order valence-corrected chi connectivity index (χ4v) is 2.69. The number of hydrogen-bond acceptors (Lipinski definition) is 3. The van der Waals surface area contributed by atoms with E-state index in [1.54, 1.807) is 18.2 Å². The molecule has 1 heterocycles. The zero-order valence-electron chi connectivity index (χ0n) is 11.3. The number of carbonyl (C=O) groups is 1. The highest BCUT2D eigenvalue weighted by atomic mass is 16.4. The van der Waals surface area contributed by atoms with Gasteiger partial charge in [0.05, 0.1) is 11.2 Å². The summed E-state index contributed by atoms with van der Waals surface area (Å²) < 4.78 is 0. The summed E-state index contributed by atoms with van der Waals surface area (Å²) in [4.78, 5) is 13.1. The van der Waals surface area contributed by atoms with Crippen molar-refractivity contribution < 1.29 is 15.0 Å². The smallest absolute Gasteiger partial charge is 0.335 e. The maximum atomic E-state index is 10.9. The summed E-state index contributed by atoms with van der Waals surface area (Å²) in [7, 11) is 0. The van der Waals surface area contributed by atoms with E-state index in [-0.39, 0.29) is 0 Å². The van der Waals surface area contributed by atoms with Gasteiger partial charge in [-0.25, -0.2) is 4.79 Å². The van der Waals surface area contributed by atoms with Gasteiger partial charge in [-0.3, -0.25) is 4.90 Å². The second kappa shape index (κ2) is 5.72. The third-order valence-corrected chi connectivity index (χ3v) is 3.87. The molecule has 4 nitrogen and oxygen atoms in total. The lowest BCUT2D eigenvalue weighted by Gasteiger charge is -2.38.